The maximum Gasteiger partial charge on any atom is 0.303 e. The van der Waals surface area contributed by atoms with Gasteiger partial charge in [0.15, 0.2) is 0 Å². The number of carboxylic acid groups (broad SMARTS) is 1. The molecular weight excluding hydrogens is 358 g/mol. The summed E-state index contributed by atoms with van der Waals surface area (Å²) >= 11 is 0. The van der Waals surface area contributed by atoms with Crippen LogP contribution in [0.4, 0.5) is 0 Å². The fourth-order valence-electron chi connectivity index (χ4n) is 3.57. The number of hydrogen-bond donors (Lipinski definition) is 2. The van der Waals surface area contributed by atoms with Crippen molar-refractivity contribution in [3.8, 4) is 5.69 Å². The van der Waals surface area contributed by atoms with Crippen LogP contribution < -0.4 is 5.32 Å². The van der Waals surface area contributed by atoms with E-state index in [1.54, 1.807) is 16.8 Å². The van der Waals surface area contributed by atoms with Gasteiger partial charge >= 0.3 is 5.97 Å². The van der Waals surface area contributed by atoms with Gasteiger partial charge in [-0.25, -0.2) is 4.68 Å². The molecule has 1 aliphatic heterocycles. The molecule has 2 N–H and O–H groups in total. The van der Waals surface area contributed by atoms with Crippen molar-refractivity contribution < 1.29 is 19.4 Å². The van der Waals surface area contributed by atoms with Crippen LogP contribution in [0.15, 0.2) is 24.3 Å². The summed E-state index contributed by atoms with van der Waals surface area (Å²) in [6.07, 6.45) is 2.15. The number of aryl methyl sites for hydroxylation is 1. The van der Waals surface area contributed by atoms with Gasteiger partial charge < -0.3 is 15.2 Å². The van der Waals surface area contributed by atoms with Crippen LogP contribution >= 0.6 is 0 Å². The van der Waals surface area contributed by atoms with E-state index in [1.807, 2.05) is 26.0 Å². The average molecular weight is 385 g/mol. The number of nitrogens with zero attached hydrogens (tertiary/aromatic N) is 2. The molecule has 150 valence electrons. The lowest BCUT2D eigenvalue weighted by atomic mass is 9.92. The van der Waals surface area contributed by atoms with Crippen LogP contribution in [0.25, 0.3) is 5.69 Å². The predicted octanol–water partition coefficient (Wildman–Crippen LogP) is 2.81. The van der Waals surface area contributed by atoms with Crippen LogP contribution in [0.3, 0.4) is 0 Å². The van der Waals surface area contributed by atoms with Gasteiger partial charge in [-0.05, 0) is 69.9 Å². The van der Waals surface area contributed by atoms with Crippen molar-refractivity contribution in [3.05, 3.63) is 46.8 Å². The second-order valence-corrected chi connectivity index (χ2v) is 7.63. The predicted molar refractivity (Wildman–Crippen MR) is 105 cm³/mol. The number of nitrogens with one attached hydrogen (secondary N) is 1. The smallest absolute Gasteiger partial charge is 0.303 e. The van der Waals surface area contributed by atoms with Crippen molar-refractivity contribution in [2.24, 2.45) is 0 Å². The van der Waals surface area contributed by atoms with Crippen molar-refractivity contribution in [1.82, 2.24) is 15.1 Å². The van der Waals surface area contributed by atoms with Crippen molar-refractivity contribution >= 4 is 11.9 Å². The molecule has 1 aliphatic rings. The number of aliphatic carboxylic acids is 1. The van der Waals surface area contributed by atoms with Gasteiger partial charge in [0.2, 0.25) is 0 Å². The minimum atomic E-state index is -0.819. The molecule has 2 heterocycles. The molecule has 0 atom stereocenters. The molecule has 0 unspecified atom stereocenters. The van der Waals surface area contributed by atoms with Crippen molar-refractivity contribution in [1.29, 1.82) is 0 Å². The molecule has 1 saturated heterocycles. The number of carbonyl (C=O) groups excluding carboxylic acids is 1. The first-order valence-corrected chi connectivity index (χ1v) is 9.57. The first-order valence-electron chi connectivity index (χ1n) is 9.57. The number of carbonyl (C=O) groups is 2. The van der Waals surface area contributed by atoms with Crippen LogP contribution in [0.1, 0.15) is 53.5 Å². The van der Waals surface area contributed by atoms with E-state index in [1.165, 1.54) is 0 Å². The summed E-state index contributed by atoms with van der Waals surface area (Å²) in [5.41, 5.74) is 3.92. The second-order valence-electron chi connectivity index (χ2n) is 7.63. The van der Waals surface area contributed by atoms with Gasteiger partial charge in [0.05, 0.1) is 11.4 Å². The Kier molecular flexibility index (Phi) is 5.84. The Morgan fingerprint density at radius 3 is 2.46 bits per heavy atom. The van der Waals surface area contributed by atoms with Crippen LogP contribution in [-0.2, 0) is 16.0 Å². The summed E-state index contributed by atoms with van der Waals surface area (Å²) in [7, 11) is 0. The Morgan fingerprint density at radius 2 is 1.86 bits per heavy atom. The highest BCUT2D eigenvalue weighted by Gasteiger charge is 2.29. The van der Waals surface area contributed by atoms with E-state index in [4.69, 9.17) is 9.84 Å². The summed E-state index contributed by atoms with van der Waals surface area (Å²) in [5.74, 6) is -0.911. The Balaban J connectivity index is 1.74. The van der Waals surface area contributed by atoms with E-state index in [9.17, 15) is 9.59 Å². The van der Waals surface area contributed by atoms with E-state index in [-0.39, 0.29) is 17.9 Å². The van der Waals surface area contributed by atoms with Crippen LogP contribution in [-0.4, -0.2) is 45.5 Å². The van der Waals surface area contributed by atoms with Gasteiger partial charge in [0.25, 0.3) is 5.91 Å². The number of carboxylic acids is 1. The molecule has 0 radical (unpaired) electrons. The molecule has 7 nitrogen and oxygen atoms in total. The van der Waals surface area contributed by atoms with Gasteiger partial charge in [-0.1, -0.05) is 0 Å². The van der Waals surface area contributed by atoms with Gasteiger partial charge in [-0.3, -0.25) is 9.59 Å². The Hall–Kier alpha value is -2.67. The lowest BCUT2D eigenvalue weighted by Gasteiger charge is -2.34. The zero-order valence-electron chi connectivity index (χ0n) is 16.6. The zero-order chi connectivity index (χ0) is 20.3. The minimum absolute atomic E-state index is 0.0797. The monoisotopic (exact) mass is 385 g/mol. The van der Waals surface area contributed by atoms with Gasteiger partial charge in [-0.15, -0.1) is 0 Å². The number of ether oxygens (including phenoxy) is 1. The second kappa shape index (κ2) is 8.14. The van der Waals surface area contributed by atoms with Crippen LogP contribution in [0.2, 0.25) is 0 Å². The Bertz CT molecular complexity index is 865. The minimum Gasteiger partial charge on any atom is -0.481 e. The Morgan fingerprint density at radius 1 is 1.21 bits per heavy atom. The van der Waals surface area contributed by atoms with E-state index in [0.717, 1.165) is 35.5 Å². The van der Waals surface area contributed by atoms with E-state index in [0.29, 0.717) is 25.2 Å². The molecule has 3 rings (SSSR count). The topological polar surface area (TPSA) is 93.5 Å². The van der Waals surface area contributed by atoms with Crippen molar-refractivity contribution in [2.45, 2.75) is 52.0 Å². The fourth-order valence-corrected chi connectivity index (χ4v) is 3.57. The van der Waals surface area contributed by atoms with Crippen molar-refractivity contribution in [3.63, 3.8) is 0 Å². The highest BCUT2D eigenvalue weighted by atomic mass is 16.5. The molecule has 2 aromatic rings. The van der Waals surface area contributed by atoms with Crippen LogP contribution in [0, 0.1) is 13.8 Å². The van der Waals surface area contributed by atoms with Crippen LogP contribution in [0.5, 0.6) is 0 Å². The summed E-state index contributed by atoms with van der Waals surface area (Å²) in [5, 5.41) is 16.6. The number of aromatic nitrogens is 2. The molecule has 0 bridgehead atoms. The fraction of sp³-hybridized carbons (Fsp3) is 0.476. The van der Waals surface area contributed by atoms with E-state index >= 15 is 0 Å². The standard InChI is InChI=1S/C21H27N3O4/c1-14-18(8-9-19(25)26)15(2)24(23-14)17-6-4-16(5-7-17)20(27)22-21(3)10-12-28-13-11-21/h4-7H,8-13H2,1-3H3,(H,22,27)(H,25,26). The SMILES string of the molecule is Cc1nn(-c2ccc(C(=O)NC3(C)CCOCC3)cc2)c(C)c1CCC(=O)O. The Labute approximate surface area is 164 Å². The zero-order valence-corrected chi connectivity index (χ0v) is 16.6. The van der Waals surface area contributed by atoms with E-state index < -0.39 is 5.97 Å². The number of rotatable bonds is 6. The molecule has 0 aliphatic carbocycles. The lowest BCUT2D eigenvalue weighted by molar-refractivity contribution is -0.136. The number of benzene rings is 1. The first-order chi connectivity index (χ1) is 13.3. The largest absolute Gasteiger partial charge is 0.481 e. The van der Waals surface area contributed by atoms with Gasteiger partial charge in [0, 0.05) is 36.4 Å². The normalized spacial score (nSPS) is 16.0. The first kappa shape index (κ1) is 20.1. The summed E-state index contributed by atoms with van der Waals surface area (Å²) in [4.78, 5) is 23.5. The van der Waals surface area contributed by atoms with Gasteiger partial charge in [-0.2, -0.15) is 5.10 Å². The molecule has 1 fully saturated rings. The molecule has 1 aromatic heterocycles. The number of amides is 1. The third-order valence-electron chi connectivity index (χ3n) is 5.42. The third kappa shape index (κ3) is 4.42. The number of hydrogen-bond acceptors (Lipinski definition) is 4. The lowest BCUT2D eigenvalue weighted by Crippen LogP contribution is -2.49. The molecule has 1 amide bonds. The highest BCUT2D eigenvalue weighted by molar-refractivity contribution is 5.94. The summed E-state index contributed by atoms with van der Waals surface area (Å²) in [6.45, 7) is 7.20. The highest BCUT2D eigenvalue weighted by Crippen LogP contribution is 2.22. The third-order valence-corrected chi connectivity index (χ3v) is 5.42. The van der Waals surface area contributed by atoms with Crippen molar-refractivity contribution in [2.75, 3.05) is 13.2 Å². The average Bonchev–Trinajstić information content (AvgIpc) is 2.94. The molecule has 1 aromatic carbocycles. The summed E-state index contributed by atoms with van der Waals surface area (Å²) in [6, 6.07) is 7.31. The molecule has 0 saturated carbocycles. The molecule has 28 heavy (non-hydrogen) atoms. The maximum absolute atomic E-state index is 12.6. The molecular formula is C21H27N3O4. The van der Waals surface area contributed by atoms with Gasteiger partial charge in [0.1, 0.15) is 0 Å². The quantitative estimate of drug-likeness (QED) is 0.798. The summed E-state index contributed by atoms with van der Waals surface area (Å²) < 4.78 is 7.18. The molecule has 0 spiro atoms. The van der Waals surface area contributed by atoms with E-state index in [2.05, 4.69) is 17.3 Å². The maximum atomic E-state index is 12.6. The molecule has 7 heteroatoms.